The Balaban J connectivity index is 1.16. The van der Waals surface area contributed by atoms with Crippen LogP contribution in [0.1, 0.15) is 22.3 Å². The van der Waals surface area contributed by atoms with Gasteiger partial charge in [0.15, 0.2) is 0 Å². The summed E-state index contributed by atoms with van der Waals surface area (Å²) < 4.78 is 13.0. The fourth-order valence-corrected chi connectivity index (χ4v) is 11.2. The Labute approximate surface area is 340 Å². The maximum atomic E-state index is 6.60. The van der Waals surface area contributed by atoms with Gasteiger partial charge in [-0.1, -0.05) is 152 Å². The third-order valence-corrected chi connectivity index (χ3v) is 13.5. The number of furan rings is 1. The molecule has 0 amide bonds. The van der Waals surface area contributed by atoms with Crippen LogP contribution in [0, 0.1) is 0 Å². The van der Waals surface area contributed by atoms with Gasteiger partial charge >= 0.3 is 0 Å². The second-order valence-corrected chi connectivity index (χ2v) is 16.2. The van der Waals surface area contributed by atoms with E-state index in [1.807, 2.05) is 12.1 Å². The monoisotopic (exact) mass is 748 g/mol. The normalized spacial score (nSPS) is 13.7. The van der Waals surface area contributed by atoms with Crippen LogP contribution >= 0.6 is 0 Å². The number of benzene rings is 10. The first-order valence-electron chi connectivity index (χ1n) is 20.4. The Hall–Kier alpha value is -7.68. The molecule has 10 aromatic carbocycles. The van der Waals surface area contributed by atoms with Gasteiger partial charge in [-0.15, -0.1) is 0 Å². The van der Waals surface area contributed by atoms with Crippen molar-refractivity contribution in [2.75, 3.05) is 0 Å². The molecule has 2 heterocycles. The summed E-state index contributed by atoms with van der Waals surface area (Å²) in [6, 6.07) is 71.5. The maximum absolute atomic E-state index is 6.60. The van der Waals surface area contributed by atoms with Crippen LogP contribution < -0.4 is 4.74 Å². The minimum atomic E-state index is -0.551. The number of hydrogen-bond donors (Lipinski definition) is 0. The largest absolute Gasteiger partial charge is 0.456 e. The highest BCUT2D eigenvalue weighted by Gasteiger charge is 2.53. The Morgan fingerprint density at radius 2 is 1.02 bits per heavy atom. The van der Waals surface area contributed by atoms with E-state index in [1.54, 1.807) is 0 Å². The molecule has 272 valence electrons. The van der Waals surface area contributed by atoms with Gasteiger partial charge in [0, 0.05) is 21.7 Å². The van der Waals surface area contributed by atoms with Gasteiger partial charge in [0.2, 0.25) is 0 Å². The van der Waals surface area contributed by atoms with E-state index in [1.165, 1.54) is 82.9 Å². The zero-order valence-electron chi connectivity index (χ0n) is 31.8. The number of hydrogen-bond acceptors (Lipinski definition) is 2. The van der Waals surface area contributed by atoms with Gasteiger partial charge in [-0.25, -0.2) is 0 Å². The van der Waals surface area contributed by atoms with E-state index >= 15 is 0 Å². The lowest BCUT2D eigenvalue weighted by Gasteiger charge is -2.32. The summed E-state index contributed by atoms with van der Waals surface area (Å²) in [6.45, 7) is 0. The molecular formula is C57H32O2. The summed E-state index contributed by atoms with van der Waals surface area (Å²) in [5.41, 5.74) is 18.8. The quantitative estimate of drug-likeness (QED) is 0.176. The lowest BCUT2D eigenvalue weighted by atomic mass is 9.69. The minimum Gasteiger partial charge on any atom is -0.456 e. The molecule has 11 aromatic rings. The fourth-order valence-electron chi connectivity index (χ4n) is 11.2. The molecule has 1 aromatic heterocycles. The lowest BCUT2D eigenvalue weighted by molar-refractivity contribution is 0.487. The van der Waals surface area contributed by atoms with E-state index in [-0.39, 0.29) is 0 Å². The summed E-state index contributed by atoms with van der Waals surface area (Å²) in [5.74, 6) is 1.79. The topological polar surface area (TPSA) is 22.4 Å². The summed E-state index contributed by atoms with van der Waals surface area (Å²) in [7, 11) is 0. The SMILES string of the molecule is c1ccc2c(c1)Oc1ccc(-c3cc(-c4ccc5oc6ccccc6c5c4)c4c(c3)C3(c5ccccc5-c5ccccc53)c3c-4ccc4ccccc34)c3cccc-2c13. The highest BCUT2D eigenvalue weighted by molar-refractivity contribution is 6.13. The average molecular weight is 749 g/mol. The summed E-state index contributed by atoms with van der Waals surface area (Å²) in [5, 5.41) is 7.11. The highest BCUT2D eigenvalue weighted by Crippen LogP contribution is 2.66. The number of ether oxygens (including phenoxy) is 1. The van der Waals surface area contributed by atoms with Crippen LogP contribution in [-0.4, -0.2) is 0 Å². The first-order chi connectivity index (χ1) is 29.3. The van der Waals surface area contributed by atoms with Gasteiger partial charge < -0.3 is 9.15 Å². The van der Waals surface area contributed by atoms with Crippen LogP contribution in [-0.2, 0) is 5.41 Å². The molecule has 0 saturated carbocycles. The van der Waals surface area contributed by atoms with Crippen LogP contribution in [0.2, 0.25) is 0 Å². The van der Waals surface area contributed by atoms with Crippen LogP contribution in [0.25, 0.3) is 99.1 Å². The van der Waals surface area contributed by atoms with E-state index in [2.05, 4.69) is 182 Å². The van der Waals surface area contributed by atoms with Crippen molar-refractivity contribution in [3.8, 4) is 67.1 Å². The molecule has 0 atom stereocenters. The first kappa shape index (κ1) is 31.4. The molecule has 1 aliphatic heterocycles. The molecule has 0 bridgehead atoms. The molecule has 14 rings (SSSR count). The van der Waals surface area contributed by atoms with Crippen LogP contribution in [0.15, 0.2) is 199 Å². The molecule has 2 heteroatoms. The summed E-state index contributed by atoms with van der Waals surface area (Å²) in [4.78, 5) is 0. The van der Waals surface area contributed by atoms with Crippen molar-refractivity contribution in [3.05, 3.63) is 216 Å². The molecule has 3 aliphatic rings. The zero-order chi connectivity index (χ0) is 38.4. The Morgan fingerprint density at radius 3 is 1.88 bits per heavy atom. The van der Waals surface area contributed by atoms with E-state index in [9.17, 15) is 0 Å². The van der Waals surface area contributed by atoms with Gasteiger partial charge in [0.05, 0.1) is 5.41 Å². The van der Waals surface area contributed by atoms with Crippen LogP contribution in [0.5, 0.6) is 11.5 Å². The van der Waals surface area contributed by atoms with Crippen molar-refractivity contribution in [1.29, 1.82) is 0 Å². The molecule has 59 heavy (non-hydrogen) atoms. The molecule has 2 aliphatic carbocycles. The predicted molar refractivity (Wildman–Crippen MR) is 241 cm³/mol. The molecular weight excluding hydrogens is 717 g/mol. The average Bonchev–Trinajstić information content (AvgIpc) is 3.93. The van der Waals surface area contributed by atoms with E-state index in [4.69, 9.17) is 9.15 Å². The zero-order valence-corrected chi connectivity index (χ0v) is 31.8. The summed E-state index contributed by atoms with van der Waals surface area (Å²) >= 11 is 0. The number of fused-ring (bicyclic) bond motifs is 17. The molecule has 2 nitrogen and oxygen atoms in total. The maximum Gasteiger partial charge on any atom is 0.135 e. The van der Waals surface area contributed by atoms with Crippen molar-refractivity contribution < 1.29 is 9.15 Å². The van der Waals surface area contributed by atoms with Crippen LogP contribution in [0.3, 0.4) is 0 Å². The number of rotatable bonds is 2. The van der Waals surface area contributed by atoms with Crippen molar-refractivity contribution in [2.45, 2.75) is 5.41 Å². The molecule has 0 unspecified atom stereocenters. The van der Waals surface area contributed by atoms with E-state index < -0.39 is 5.41 Å². The van der Waals surface area contributed by atoms with Crippen molar-refractivity contribution in [3.63, 3.8) is 0 Å². The van der Waals surface area contributed by atoms with Gasteiger partial charge in [-0.05, 0) is 131 Å². The standard InChI is InChI=1S/C57H32O2/c1-2-13-37-33(12-1)24-26-44-54-45(34-25-28-52-46(30-34)41-17-6-10-23-51(41)58-52)31-35(36-27-29-53-55-42(36)18-11-19-43(55)40-16-5-9-22-50(40)59-53)32-49(54)57(56(37)44)47-20-7-3-14-38(47)39-15-4-8-21-48(39)57/h1-32H. The molecule has 0 saturated heterocycles. The number of para-hydroxylation sites is 2. The smallest absolute Gasteiger partial charge is 0.135 e. The molecule has 0 fully saturated rings. The third kappa shape index (κ3) is 3.96. The van der Waals surface area contributed by atoms with Crippen molar-refractivity contribution >= 4 is 43.5 Å². The first-order valence-corrected chi connectivity index (χ1v) is 20.4. The Kier molecular flexibility index (Phi) is 5.99. The Bertz CT molecular complexity index is 3610. The second kappa shape index (κ2) is 11.2. The summed E-state index contributed by atoms with van der Waals surface area (Å²) in [6.07, 6.45) is 0. The van der Waals surface area contributed by atoms with E-state index in [0.717, 1.165) is 50.0 Å². The van der Waals surface area contributed by atoms with E-state index in [0.29, 0.717) is 0 Å². The third-order valence-electron chi connectivity index (χ3n) is 13.5. The Morgan fingerprint density at radius 1 is 0.339 bits per heavy atom. The fraction of sp³-hybridized carbons (Fsp3) is 0.0175. The van der Waals surface area contributed by atoms with Gasteiger partial charge in [0.1, 0.15) is 22.7 Å². The highest BCUT2D eigenvalue weighted by atomic mass is 16.5. The van der Waals surface area contributed by atoms with Crippen molar-refractivity contribution in [2.24, 2.45) is 0 Å². The molecule has 0 radical (unpaired) electrons. The minimum absolute atomic E-state index is 0.551. The lowest BCUT2D eigenvalue weighted by Crippen LogP contribution is -2.26. The predicted octanol–water partition coefficient (Wildman–Crippen LogP) is 15.3. The van der Waals surface area contributed by atoms with Gasteiger partial charge in [-0.3, -0.25) is 0 Å². The van der Waals surface area contributed by atoms with Gasteiger partial charge in [-0.2, -0.15) is 0 Å². The molecule has 1 spiro atoms. The van der Waals surface area contributed by atoms with Gasteiger partial charge in [0.25, 0.3) is 0 Å². The molecule has 0 N–H and O–H groups in total. The van der Waals surface area contributed by atoms with Crippen molar-refractivity contribution in [1.82, 2.24) is 0 Å². The second-order valence-electron chi connectivity index (χ2n) is 16.2. The van der Waals surface area contributed by atoms with Crippen LogP contribution in [0.4, 0.5) is 0 Å².